The molecule has 2 aromatic rings. The number of nitrogens with zero attached hydrogens (tertiary/aromatic N) is 1. The number of nitrogens with two attached hydrogens (primary N) is 1. The number of hydrogen-bond donors (Lipinski definition) is 1. The highest BCUT2D eigenvalue weighted by Crippen LogP contribution is 2.25. The van der Waals surface area contributed by atoms with Gasteiger partial charge in [-0.15, -0.1) is 11.3 Å². The second-order valence-corrected chi connectivity index (χ2v) is 6.52. The van der Waals surface area contributed by atoms with Crippen molar-refractivity contribution in [3.05, 3.63) is 56.7 Å². The van der Waals surface area contributed by atoms with E-state index in [1.54, 1.807) is 11.3 Å². The van der Waals surface area contributed by atoms with Crippen LogP contribution in [-0.2, 0) is 6.54 Å². The van der Waals surface area contributed by atoms with E-state index in [4.69, 9.17) is 17.3 Å². The van der Waals surface area contributed by atoms with Gasteiger partial charge in [-0.1, -0.05) is 35.6 Å². The van der Waals surface area contributed by atoms with Crippen molar-refractivity contribution in [1.29, 1.82) is 0 Å². The first kappa shape index (κ1) is 16.1. The van der Waals surface area contributed by atoms with Gasteiger partial charge in [0, 0.05) is 22.5 Å². The van der Waals surface area contributed by atoms with Gasteiger partial charge in [0.1, 0.15) is 0 Å². The Balaban J connectivity index is 2.03. The summed E-state index contributed by atoms with van der Waals surface area (Å²) in [6, 6.07) is 12.5. The van der Waals surface area contributed by atoms with Gasteiger partial charge < -0.3 is 5.73 Å². The predicted molar refractivity (Wildman–Crippen MR) is 91.6 cm³/mol. The van der Waals surface area contributed by atoms with Gasteiger partial charge in [-0.25, -0.2) is 0 Å². The number of halogens is 1. The van der Waals surface area contributed by atoms with Crippen molar-refractivity contribution in [2.24, 2.45) is 5.73 Å². The van der Waals surface area contributed by atoms with Crippen LogP contribution in [0.2, 0.25) is 5.02 Å². The Labute approximate surface area is 135 Å². The van der Waals surface area contributed by atoms with Gasteiger partial charge in [0.05, 0.1) is 11.4 Å². The highest BCUT2D eigenvalue weighted by Gasteiger charge is 2.13. The molecule has 1 unspecified atom stereocenters. The van der Waals surface area contributed by atoms with Gasteiger partial charge >= 0.3 is 0 Å². The molecule has 1 atom stereocenters. The summed E-state index contributed by atoms with van der Waals surface area (Å²) < 4.78 is 0. The van der Waals surface area contributed by atoms with Crippen molar-refractivity contribution in [3.8, 4) is 11.8 Å². The van der Waals surface area contributed by atoms with Crippen LogP contribution in [0.1, 0.15) is 28.3 Å². The molecule has 0 saturated heterocycles. The minimum Gasteiger partial charge on any atom is -0.320 e. The van der Waals surface area contributed by atoms with E-state index in [2.05, 4.69) is 48.9 Å². The molecule has 2 rings (SSSR count). The average Bonchev–Trinajstić information content (AvgIpc) is 2.91. The van der Waals surface area contributed by atoms with Crippen molar-refractivity contribution < 1.29 is 0 Å². The van der Waals surface area contributed by atoms with Gasteiger partial charge in [-0.05, 0) is 43.8 Å². The number of benzene rings is 1. The smallest absolute Gasteiger partial charge is 0.0772 e. The molecule has 1 aromatic carbocycles. The number of rotatable bonds is 4. The van der Waals surface area contributed by atoms with E-state index in [9.17, 15) is 0 Å². The highest BCUT2D eigenvalue weighted by atomic mass is 35.5. The first-order valence-corrected chi connectivity index (χ1v) is 8.03. The van der Waals surface area contributed by atoms with E-state index in [0.29, 0.717) is 12.6 Å². The summed E-state index contributed by atoms with van der Waals surface area (Å²) in [5, 5.41) is 0.781. The van der Waals surface area contributed by atoms with E-state index in [1.165, 1.54) is 10.4 Å². The van der Waals surface area contributed by atoms with Crippen LogP contribution in [0.4, 0.5) is 0 Å². The monoisotopic (exact) mass is 318 g/mol. The molecule has 1 aromatic heterocycles. The SMILES string of the molecule is CC(c1cccc(Cl)c1)N(C)Cc1ccc(C#CCN)s1. The summed E-state index contributed by atoms with van der Waals surface area (Å²) in [6.07, 6.45) is 0. The molecule has 110 valence electrons. The fourth-order valence-corrected chi connectivity index (χ4v) is 3.22. The minimum atomic E-state index is 0.310. The van der Waals surface area contributed by atoms with Crippen LogP contribution in [0.25, 0.3) is 0 Å². The molecule has 2 nitrogen and oxygen atoms in total. The first-order valence-electron chi connectivity index (χ1n) is 6.83. The fourth-order valence-electron chi connectivity index (χ4n) is 2.07. The van der Waals surface area contributed by atoms with Crippen molar-refractivity contribution in [3.63, 3.8) is 0 Å². The van der Waals surface area contributed by atoms with Gasteiger partial charge in [0.25, 0.3) is 0 Å². The van der Waals surface area contributed by atoms with E-state index >= 15 is 0 Å². The lowest BCUT2D eigenvalue weighted by Crippen LogP contribution is -2.21. The summed E-state index contributed by atoms with van der Waals surface area (Å²) in [4.78, 5) is 4.67. The third-order valence-corrected chi connectivity index (χ3v) is 4.59. The molecule has 0 radical (unpaired) electrons. The molecule has 1 heterocycles. The molecule has 2 N–H and O–H groups in total. The van der Waals surface area contributed by atoms with Crippen LogP contribution in [0.5, 0.6) is 0 Å². The van der Waals surface area contributed by atoms with Gasteiger partial charge in [-0.3, -0.25) is 4.90 Å². The van der Waals surface area contributed by atoms with Crippen molar-refractivity contribution in [2.75, 3.05) is 13.6 Å². The van der Waals surface area contributed by atoms with Crippen molar-refractivity contribution >= 4 is 22.9 Å². The molecular weight excluding hydrogens is 300 g/mol. The standard InChI is InChI=1S/C17H19ClN2S/c1-13(14-5-3-6-15(18)11-14)20(2)12-17-9-8-16(21-17)7-4-10-19/h3,5-6,8-9,11,13H,10,12,19H2,1-2H3. The van der Waals surface area contributed by atoms with Crippen molar-refractivity contribution in [2.45, 2.75) is 19.5 Å². The Morgan fingerprint density at radius 2 is 2.14 bits per heavy atom. The molecule has 0 aliphatic heterocycles. The second kappa shape index (κ2) is 7.63. The fraction of sp³-hybridized carbons (Fsp3) is 0.294. The lowest BCUT2D eigenvalue weighted by Gasteiger charge is -2.24. The van der Waals surface area contributed by atoms with E-state index in [0.717, 1.165) is 16.4 Å². The zero-order chi connectivity index (χ0) is 15.2. The molecule has 0 bridgehead atoms. The topological polar surface area (TPSA) is 29.3 Å². The zero-order valence-electron chi connectivity index (χ0n) is 12.3. The Hall–Kier alpha value is -1.31. The molecule has 0 saturated carbocycles. The van der Waals surface area contributed by atoms with Crippen LogP contribution < -0.4 is 5.73 Å². The Kier molecular flexibility index (Phi) is 5.84. The molecule has 4 heteroatoms. The molecule has 0 aliphatic carbocycles. The average molecular weight is 319 g/mol. The van der Waals surface area contributed by atoms with Gasteiger partial charge in [-0.2, -0.15) is 0 Å². The predicted octanol–water partition coefficient (Wildman–Crippen LogP) is 3.90. The highest BCUT2D eigenvalue weighted by molar-refractivity contribution is 7.12. The van der Waals surface area contributed by atoms with Crippen LogP contribution in [-0.4, -0.2) is 18.5 Å². The van der Waals surface area contributed by atoms with E-state index < -0.39 is 0 Å². The number of hydrogen-bond acceptors (Lipinski definition) is 3. The largest absolute Gasteiger partial charge is 0.320 e. The Morgan fingerprint density at radius 1 is 1.33 bits per heavy atom. The lowest BCUT2D eigenvalue weighted by molar-refractivity contribution is 0.255. The molecule has 0 amide bonds. The third-order valence-electron chi connectivity index (χ3n) is 3.37. The molecule has 0 fully saturated rings. The van der Waals surface area contributed by atoms with E-state index in [1.807, 2.05) is 18.2 Å². The molecule has 0 spiro atoms. The first-order chi connectivity index (χ1) is 10.1. The van der Waals surface area contributed by atoms with Crippen LogP contribution >= 0.6 is 22.9 Å². The zero-order valence-corrected chi connectivity index (χ0v) is 13.8. The Morgan fingerprint density at radius 3 is 2.86 bits per heavy atom. The van der Waals surface area contributed by atoms with Crippen LogP contribution in [0.15, 0.2) is 36.4 Å². The van der Waals surface area contributed by atoms with E-state index in [-0.39, 0.29) is 0 Å². The maximum atomic E-state index is 6.06. The van der Waals surface area contributed by atoms with Gasteiger partial charge in [0.15, 0.2) is 0 Å². The molecule has 0 aliphatic rings. The maximum Gasteiger partial charge on any atom is 0.0772 e. The quantitative estimate of drug-likeness (QED) is 0.866. The molecule has 21 heavy (non-hydrogen) atoms. The summed E-state index contributed by atoms with van der Waals surface area (Å²) in [5.74, 6) is 5.96. The second-order valence-electron chi connectivity index (χ2n) is 4.92. The lowest BCUT2D eigenvalue weighted by atomic mass is 10.1. The normalized spacial score (nSPS) is 12.0. The summed E-state index contributed by atoms with van der Waals surface area (Å²) in [5.41, 5.74) is 6.62. The Bertz CT molecular complexity index is 654. The van der Waals surface area contributed by atoms with Crippen molar-refractivity contribution in [1.82, 2.24) is 4.90 Å². The maximum absolute atomic E-state index is 6.06. The number of thiophene rings is 1. The van der Waals surface area contributed by atoms with Crippen LogP contribution in [0, 0.1) is 11.8 Å². The summed E-state index contributed by atoms with van der Waals surface area (Å²) in [6.45, 7) is 3.48. The molecular formula is C17H19ClN2S. The van der Waals surface area contributed by atoms with Crippen LogP contribution in [0.3, 0.4) is 0 Å². The van der Waals surface area contributed by atoms with Gasteiger partial charge in [0.2, 0.25) is 0 Å². The third kappa shape index (κ3) is 4.59. The minimum absolute atomic E-state index is 0.310. The summed E-state index contributed by atoms with van der Waals surface area (Å²) >= 11 is 7.78. The summed E-state index contributed by atoms with van der Waals surface area (Å²) in [7, 11) is 2.12.